The van der Waals surface area contributed by atoms with Crippen LogP contribution in [0.25, 0.3) is 0 Å². The smallest absolute Gasteiger partial charge is 0.335 e. The number of anilines is 2. The molecule has 0 radical (unpaired) electrons. The first-order valence-electron chi connectivity index (χ1n) is 7.55. The van der Waals surface area contributed by atoms with Crippen molar-refractivity contribution in [1.82, 2.24) is 0 Å². The number of nitrogens with one attached hydrogen (secondary N) is 2. The third-order valence-electron chi connectivity index (χ3n) is 3.56. The fourth-order valence-corrected chi connectivity index (χ4v) is 3.34. The third-order valence-corrected chi connectivity index (χ3v) is 4.98. The molecule has 0 fully saturated rings. The van der Waals surface area contributed by atoms with Crippen LogP contribution in [0.1, 0.15) is 30.6 Å². The Bertz CT molecular complexity index is 820. The maximum absolute atomic E-state index is 12.7. The second-order valence-electron chi connectivity index (χ2n) is 5.44. The van der Waals surface area contributed by atoms with E-state index >= 15 is 0 Å². The Morgan fingerprint density at radius 2 is 1.83 bits per heavy atom. The fourth-order valence-electron chi connectivity index (χ4n) is 2.08. The molecule has 2 aromatic carbocycles. The number of sulfonamides is 1. The Labute approximate surface area is 141 Å². The molecule has 6 nitrogen and oxygen atoms in total. The Morgan fingerprint density at radius 3 is 2.42 bits per heavy atom. The van der Waals surface area contributed by atoms with Crippen molar-refractivity contribution in [2.75, 3.05) is 10.0 Å². The molecular weight excluding hydrogens is 328 g/mol. The van der Waals surface area contributed by atoms with Crippen LogP contribution in [-0.2, 0) is 10.0 Å². The van der Waals surface area contributed by atoms with Crippen LogP contribution in [0.3, 0.4) is 0 Å². The molecule has 7 heteroatoms. The topological polar surface area (TPSA) is 95.5 Å². The Morgan fingerprint density at radius 1 is 1.17 bits per heavy atom. The maximum atomic E-state index is 12.7. The van der Waals surface area contributed by atoms with Gasteiger partial charge < -0.3 is 10.4 Å². The van der Waals surface area contributed by atoms with Crippen molar-refractivity contribution in [1.29, 1.82) is 0 Å². The number of carbonyl (C=O) groups is 1. The van der Waals surface area contributed by atoms with Gasteiger partial charge in [-0.15, -0.1) is 0 Å². The van der Waals surface area contributed by atoms with Gasteiger partial charge in [0.2, 0.25) is 0 Å². The summed E-state index contributed by atoms with van der Waals surface area (Å²) in [5, 5.41) is 12.3. The second-order valence-corrected chi connectivity index (χ2v) is 7.09. The summed E-state index contributed by atoms with van der Waals surface area (Å²) in [5.74, 6) is -1.18. The van der Waals surface area contributed by atoms with Gasteiger partial charge >= 0.3 is 5.97 Å². The molecule has 0 aliphatic heterocycles. The SMILES string of the molecule is CC[C@H](C)Nc1ccc(C(=O)O)cc1S(=O)(=O)Nc1ccccc1. The third kappa shape index (κ3) is 4.26. The number of rotatable bonds is 7. The lowest BCUT2D eigenvalue weighted by Crippen LogP contribution is -2.20. The van der Waals surface area contributed by atoms with Crippen LogP contribution in [0.4, 0.5) is 11.4 Å². The van der Waals surface area contributed by atoms with Crippen molar-refractivity contribution in [2.45, 2.75) is 31.2 Å². The molecule has 0 heterocycles. The van der Waals surface area contributed by atoms with Gasteiger partial charge in [-0.3, -0.25) is 4.72 Å². The Balaban J connectivity index is 2.47. The van der Waals surface area contributed by atoms with Crippen LogP contribution >= 0.6 is 0 Å². The molecular formula is C17H20N2O4S. The van der Waals surface area contributed by atoms with Gasteiger partial charge in [0.25, 0.3) is 10.0 Å². The monoisotopic (exact) mass is 348 g/mol. The number of hydrogen-bond donors (Lipinski definition) is 3. The molecule has 1 atom stereocenters. The van der Waals surface area contributed by atoms with E-state index in [4.69, 9.17) is 5.11 Å². The molecule has 2 rings (SSSR count). The van der Waals surface area contributed by atoms with Crippen LogP contribution in [-0.4, -0.2) is 25.5 Å². The summed E-state index contributed by atoms with van der Waals surface area (Å²) in [5.41, 5.74) is 0.698. The second kappa shape index (κ2) is 7.35. The summed E-state index contributed by atoms with van der Waals surface area (Å²) in [4.78, 5) is 11.1. The molecule has 0 unspecified atom stereocenters. The van der Waals surface area contributed by atoms with Gasteiger partial charge in [0.05, 0.1) is 11.3 Å². The van der Waals surface area contributed by atoms with Crippen LogP contribution in [0.2, 0.25) is 0 Å². The predicted octanol–water partition coefficient (Wildman–Crippen LogP) is 3.40. The Kier molecular flexibility index (Phi) is 5.46. The minimum absolute atomic E-state index is 0.0475. The van der Waals surface area contributed by atoms with E-state index in [-0.39, 0.29) is 16.5 Å². The number of carboxylic acid groups (broad SMARTS) is 1. The molecule has 24 heavy (non-hydrogen) atoms. The summed E-state index contributed by atoms with van der Waals surface area (Å²) < 4.78 is 27.9. The average molecular weight is 348 g/mol. The number of carboxylic acids is 1. The van der Waals surface area contributed by atoms with E-state index in [1.54, 1.807) is 30.3 Å². The minimum atomic E-state index is -3.93. The first kappa shape index (κ1) is 17.8. The Hall–Kier alpha value is -2.54. The van der Waals surface area contributed by atoms with E-state index in [2.05, 4.69) is 10.0 Å². The van der Waals surface area contributed by atoms with Crippen molar-refractivity contribution in [3.05, 3.63) is 54.1 Å². The number of benzene rings is 2. The minimum Gasteiger partial charge on any atom is -0.478 e. The van der Waals surface area contributed by atoms with Crippen molar-refractivity contribution < 1.29 is 18.3 Å². The highest BCUT2D eigenvalue weighted by molar-refractivity contribution is 7.92. The van der Waals surface area contributed by atoms with E-state index in [1.807, 2.05) is 13.8 Å². The van der Waals surface area contributed by atoms with E-state index in [9.17, 15) is 13.2 Å². The van der Waals surface area contributed by atoms with Crippen LogP contribution in [0, 0.1) is 0 Å². The molecule has 0 saturated heterocycles. The van der Waals surface area contributed by atoms with E-state index in [0.29, 0.717) is 11.4 Å². The number of para-hydroxylation sites is 1. The fraction of sp³-hybridized carbons (Fsp3) is 0.235. The molecule has 0 aliphatic rings. The first-order chi connectivity index (χ1) is 11.3. The van der Waals surface area contributed by atoms with Gasteiger partial charge in [0.1, 0.15) is 4.90 Å². The molecule has 0 aromatic heterocycles. The highest BCUT2D eigenvalue weighted by Crippen LogP contribution is 2.26. The van der Waals surface area contributed by atoms with Gasteiger partial charge in [0, 0.05) is 11.7 Å². The zero-order valence-corrected chi connectivity index (χ0v) is 14.3. The van der Waals surface area contributed by atoms with Crippen molar-refractivity contribution in [3.8, 4) is 0 Å². The van der Waals surface area contributed by atoms with Crippen molar-refractivity contribution in [3.63, 3.8) is 0 Å². The summed E-state index contributed by atoms with van der Waals surface area (Å²) in [6.45, 7) is 3.89. The summed E-state index contributed by atoms with van der Waals surface area (Å²) in [7, 11) is -3.93. The molecule has 0 saturated carbocycles. The summed E-state index contributed by atoms with van der Waals surface area (Å²) in [6.07, 6.45) is 0.798. The number of aromatic carboxylic acids is 1. The van der Waals surface area contributed by atoms with E-state index < -0.39 is 16.0 Å². The average Bonchev–Trinajstić information content (AvgIpc) is 2.55. The van der Waals surface area contributed by atoms with E-state index in [0.717, 1.165) is 6.42 Å². The summed E-state index contributed by atoms with van der Waals surface area (Å²) in [6, 6.07) is 12.5. The molecule has 0 bridgehead atoms. The molecule has 0 amide bonds. The maximum Gasteiger partial charge on any atom is 0.335 e. The molecule has 128 valence electrons. The molecule has 0 aliphatic carbocycles. The molecule has 3 N–H and O–H groups in total. The highest BCUT2D eigenvalue weighted by atomic mass is 32.2. The summed E-state index contributed by atoms with van der Waals surface area (Å²) >= 11 is 0. The lowest BCUT2D eigenvalue weighted by Gasteiger charge is -2.18. The highest BCUT2D eigenvalue weighted by Gasteiger charge is 2.21. The van der Waals surface area contributed by atoms with E-state index in [1.165, 1.54) is 18.2 Å². The van der Waals surface area contributed by atoms with Gasteiger partial charge in [-0.05, 0) is 43.7 Å². The van der Waals surface area contributed by atoms with Gasteiger partial charge in [-0.25, -0.2) is 13.2 Å². The number of hydrogen-bond acceptors (Lipinski definition) is 4. The largest absolute Gasteiger partial charge is 0.478 e. The lowest BCUT2D eigenvalue weighted by atomic mass is 10.2. The normalized spacial score (nSPS) is 12.4. The van der Waals surface area contributed by atoms with Gasteiger partial charge in [-0.2, -0.15) is 0 Å². The zero-order valence-electron chi connectivity index (χ0n) is 13.5. The van der Waals surface area contributed by atoms with Crippen LogP contribution in [0.5, 0.6) is 0 Å². The quantitative estimate of drug-likeness (QED) is 0.713. The predicted molar refractivity (Wildman–Crippen MR) is 94.0 cm³/mol. The standard InChI is InChI=1S/C17H20N2O4S/c1-3-12(2)18-15-10-9-13(17(20)21)11-16(15)24(22,23)19-14-7-5-4-6-8-14/h4-12,18-19H,3H2,1-2H3,(H,20,21)/t12-/m0/s1. The van der Waals surface area contributed by atoms with Gasteiger partial charge in [0.15, 0.2) is 0 Å². The van der Waals surface area contributed by atoms with Crippen molar-refractivity contribution >= 4 is 27.4 Å². The molecule has 2 aromatic rings. The van der Waals surface area contributed by atoms with Gasteiger partial charge in [-0.1, -0.05) is 25.1 Å². The first-order valence-corrected chi connectivity index (χ1v) is 9.03. The van der Waals surface area contributed by atoms with Crippen LogP contribution < -0.4 is 10.0 Å². The van der Waals surface area contributed by atoms with Crippen molar-refractivity contribution in [2.24, 2.45) is 0 Å². The molecule has 0 spiro atoms. The lowest BCUT2D eigenvalue weighted by molar-refractivity contribution is 0.0696. The zero-order chi connectivity index (χ0) is 17.7. The van der Waals surface area contributed by atoms with Crippen LogP contribution in [0.15, 0.2) is 53.4 Å².